The lowest BCUT2D eigenvalue weighted by molar-refractivity contribution is 0.0390. The number of hydrogen-bond acceptors (Lipinski definition) is 4. The Morgan fingerprint density at radius 1 is 1.24 bits per heavy atom. The van der Waals surface area contributed by atoms with Crippen molar-refractivity contribution in [1.82, 2.24) is 9.62 Å². The Morgan fingerprint density at radius 2 is 1.90 bits per heavy atom. The second-order valence-electron chi connectivity index (χ2n) is 5.12. The van der Waals surface area contributed by atoms with E-state index in [1.165, 1.54) is 0 Å². The van der Waals surface area contributed by atoms with Crippen molar-refractivity contribution in [3.63, 3.8) is 0 Å². The summed E-state index contributed by atoms with van der Waals surface area (Å²) in [6.07, 6.45) is 0. The first-order valence-corrected chi connectivity index (χ1v) is 8.34. The predicted octanol–water partition coefficient (Wildman–Crippen LogP) is 1.34. The molecule has 0 amide bonds. The summed E-state index contributed by atoms with van der Waals surface area (Å²) < 4.78 is 32.5. The molecule has 120 valence electrons. The molecule has 1 aliphatic rings. The van der Waals surface area contributed by atoms with Gasteiger partial charge >= 0.3 is 0 Å². The van der Waals surface area contributed by atoms with Crippen molar-refractivity contribution in [1.29, 1.82) is 0 Å². The zero-order valence-corrected chi connectivity index (χ0v) is 14.1. The third kappa shape index (κ3) is 5.23. The van der Waals surface area contributed by atoms with Crippen LogP contribution in [0.5, 0.6) is 0 Å². The molecule has 1 fully saturated rings. The zero-order valence-electron chi connectivity index (χ0n) is 12.5. The van der Waals surface area contributed by atoms with Gasteiger partial charge in [0.25, 0.3) is 0 Å². The summed E-state index contributed by atoms with van der Waals surface area (Å²) in [5.41, 5.74) is 1.72. The van der Waals surface area contributed by atoms with Gasteiger partial charge in [0.1, 0.15) is 0 Å². The van der Waals surface area contributed by atoms with Gasteiger partial charge in [-0.3, -0.25) is 4.90 Å². The minimum absolute atomic E-state index is 0. The van der Waals surface area contributed by atoms with E-state index >= 15 is 0 Å². The fraction of sp³-hybridized carbons (Fsp3) is 0.571. The molecule has 0 spiro atoms. The zero-order chi connectivity index (χ0) is 14.6. The second-order valence-corrected chi connectivity index (χ2v) is 6.86. The molecule has 0 bridgehead atoms. The Bertz CT molecular complexity index is 557. The summed E-state index contributed by atoms with van der Waals surface area (Å²) in [7, 11) is -3.42. The molecule has 21 heavy (non-hydrogen) atoms. The van der Waals surface area contributed by atoms with Gasteiger partial charge in [0, 0.05) is 26.2 Å². The van der Waals surface area contributed by atoms with Crippen molar-refractivity contribution < 1.29 is 13.2 Å². The van der Waals surface area contributed by atoms with Crippen LogP contribution >= 0.6 is 12.4 Å². The molecule has 1 heterocycles. The van der Waals surface area contributed by atoms with Gasteiger partial charge in [0.2, 0.25) is 10.0 Å². The van der Waals surface area contributed by atoms with Crippen LogP contribution in [0.4, 0.5) is 0 Å². The summed E-state index contributed by atoms with van der Waals surface area (Å²) in [5.74, 6) is 0. The molecule has 1 N–H and O–H groups in total. The van der Waals surface area contributed by atoms with Gasteiger partial charge in [0.15, 0.2) is 0 Å². The topological polar surface area (TPSA) is 58.6 Å². The van der Waals surface area contributed by atoms with Gasteiger partial charge in [-0.2, -0.15) is 0 Å². The van der Waals surface area contributed by atoms with Gasteiger partial charge in [0.05, 0.1) is 18.1 Å². The van der Waals surface area contributed by atoms with Crippen molar-refractivity contribution in [3.8, 4) is 0 Å². The van der Waals surface area contributed by atoms with E-state index in [0.717, 1.165) is 37.4 Å². The van der Waals surface area contributed by atoms with Crippen LogP contribution in [0.25, 0.3) is 0 Å². The van der Waals surface area contributed by atoms with Crippen molar-refractivity contribution in [2.75, 3.05) is 39.4 Å². The number of sulfonamides is 1. The van der Waals surface area contributed by atoms with E-state index in [1.807, 2.05) is 26.0 Å². The average molecular weight is 335 g/mol. The number of nitrogens with one attached hydrogen (secondary N) is 1. The van der Waals surface area contributed by atoms with E-state index in [9.17, 15) is 8.42 Å². The first-order valence-electron chi connectivity index (χ1n) is 6.86. The lowest BCUT2D eigenvalue weighted by Crippen LogP contribution is -2.41. The Morgan fingerprint density at radius 3 is 2.57 bits per heavy atom. The molecule has 0 unspecified atom stereocenters. The quantitative estimate of drug-likeness (QED) is 0.882. The molecule has 1 saturated heterocycles. The second kappa shape index (κ2) is 8.10. The highest BCUT2D eigenvalue weighted by atomic mass is 35.5. The van der Waals surface area contributed by atoms with Crippen LogP contribution in [-0.2, 0) is 14.8 Å². The van der Waals surface area contributed by atoms with E-state index in [1.54, 1.807) is 6.07 Å². The van der Waals surface area contributed by atoms with Gasteiger partial charge in [-0.05, 0) is 31.0 Å². The molecule has 5 nitrogen and oxygen atoms in total. The smallest absolute Gasteiger partial charge is 0.240 e. The average Bonchev–Trinajstić information content (AvgIpc) is 2.42. The summed E-state index contributed by atoms with van der Waals surface area (Å²) in [6.45, 7) is 8.04. The van der Waals surface area contributed by atoms with E-state index in [2.05, 4.69) is 9.62 Å². The summed E-state index contributed by atoms with van der Waals surface area (Å²) in [5, 5.41) is 0. The first kappa shape index (κ1) is 18.4. The Labute approximate surface area is 133 Å². The van der Waals surface area contributed by atoms with Gasteiger partial charge in [-0.25, -0.2) is 13.1 Å². The fourth-order valence-corrected chi connectivity index (χ4v) is 3.59. The molecule has 1 aromatic carbocycles. The van der Waals surface area contributed by atoms with Crippen LogP contribution in [0.1, 0.15) is 11.1 Å². The number of benzene rings is 1. The third-order valence-corrected chi connectivity index (χ3v) is 5.06. The minimum Gasteiger partial charge on any atom is -0.379 e. The summed E-state index contributed by atoms with van der Waals surface area (Å²) >= 11 is 0. The number of morpholine rings is 1. The van der Waals surface area contributed by atoms with Crippen LogP contribution < -0.4 is 4.72 Å². The van der Waals surface area contributed by atoms with Gasteiger partial charge < -0.3 is 4.74 Å². The molecule has 0 saturated carbocycles. The first-order chi connectivity index (χ1) is 9.49. The lowest BCUT2D eigenvalue weighted by atomic mass is 10.2. The van der Waals surface area contributed by atoms with Crippen molar-refractivity contribution >= 4 is 22.4 Å². The molecule has 0 aromatic heterocycles. The standard InChI is InChI=1S/C14H22N2O3S.ClH/c1-12-3-4-13(2)14(11-12)20(17,18)15-5-6-16-7-9-19-10-8-16;/h3-4,11,15H,5-10H2,1-2H3;1H. The van der Waals surface area contributed by atoms with Crippen LogP contribution in [0.2, 0.25) is 0 Å². The van der Waals surface area contributed by atoms with E-state index in [4.69, 9.17) is 4.74 Å². The number of aryl methyl sites for hydroxylation is 2. The highest BCUT2D eigenvalue weighted by molar-refractivity contribution is 7.89. The maximum absolute atomic E-state index is 12.3. The van der Waals surface area contributed by atoms with Crippen molar-refractivity contribution in [2.45, 2.75) is 18.7 Å². The Hall–Kier alpha value is -0.660. The van der Waals surface area contributed by atoms with Gasteiger partial charge in [-0.15, -0.1) is 12.4 Å². The monoisotopic (exact) mass is 334 g/mol. The number of nitrogens with zero attached hydrogens (tertiary/aromatic N) is 1. The molecule has 1 aliphatic heterocycles. The number of hydrogen-bond donors (Lipinski definition) is 1. The highest BCUT2D eigenvalue weighted by Crippen LogP contribution is 2.16. The molecule has 0 aliphatic carbocycles. The SMILES string of the molecule is Cc1ccc(C)c(S(=O)(=O)NCCN2CCOCC2)c1.Cl. The molecule has 0 radical (unpaired) electrons. The Balaban J connectivity index is 0.00000220. The maximum atomic E-state index is 12.3. The molecule has 7 heteroatoms. The Kier molecular flexibility index (Phi) is 7.09. The largest absolute Gasteiger partial charge is 0.379 e. The summed E-state index contributed by atoms with van der Waals surface area (Å²) in [6, 6.07) is 5.47. The molecular formula is C14H23ClN2O3S. The molecule has 1 aromatic rings. The fourth-order valence-electron chi connectivity index (χ4n) is 2.24. The van der Waals surface area contributed by atoms with Crippen LogP contribution in [0.3, 0.4) is 0 Å². The third-order valence-electron chi connectivity index (χ3n) is 3.46. The van der Waals surface area contributed by atoms with E-state index in [-0.39, 0.29) is 12.4 Å². The summed E-state index contributed by atoms with van der Waals surface area (Å²) in [4.78, 5) is 2.58. The maximum Gasteiger partial charge on any atom is 0.240 e. The van der Waals surface area contributed by atoms with Crippen molar-refractivity contribution in [3.05, 3.63) is 29.3 Å². The lowest BCUT2D eigenvalue weighted by Gasteiger charge is -2.26. The van der Waals surface area contributed by atoms with Crippen LogP contribution in [0.15, 0.2) is 23.1 Å². The van der Waals surface area contributed by atoms with E-state index < -0.39 is 10.0 Å². The van der Waals surface area contributed by atoms with E-state index in [0.29, 0.717) is 18.0 Å². The molecular weight excluding hydrogens is 312 g/mol. The predicted molar refractivity (Wildman–Crippen MR) is 85.6 cm³/mol. The minimum atomic E-state index is -3.42. The molecule has 2 rings (SSSR count). The van der Waals surface area contributed by atoms with Crippen LogP contribution in [-0.4, -0.2) is 52.7 Å². The highest BCUT2D eigenvalue weighted by Gasteiger charge is 2.17. The van der Waals surface area contributed by atoms with Crippen LogP contribution in [0, 0.1) is 13.8 Å². The van der Waals surface area contributed by atoms with Crippen molar-refractivity contribution in [2.24, 2.45) is 0 Å². The number of ether oxygens (including phenoxy) is 1. The number of halogens is 1. The number of rotatable bonds is 5. The normalized spacial score (nSPS) is 16.5. The molecule has 0 atom stereocenters. The van der Waals surface area contributed by atoms with Gasteiger partial charge in [-0.1, -0.05) is 12.1 Å².